The number of anilines is 2. The Balaban J connectivity index is 0.00000146. The second-order valence-corrected chi connectivity index (χ2v) is 8.56. The summed E-state index contributed by atoms with van der Waals surface area (Å²) in [6.45, 7) is 6.77. The van der Waals surface area contributed by atoms with Gasteiger partial charge in [0, 0.05) is 23.9 Å². The van der Waals surface area contributed by atoms with Gasteiger partial charge in [0.25, 0.3) is 0 Å². The number of unbranched alkanes of at least 4 members (excludes halogenated alkanes) is 3. The zero-order valence-corrected chi connectivity index (χ0v) is 23.2. The van der Waals surface area contributed by atoms with Crippen LogP contribution in [0.3, 0.4) is 0 Å². The summed E-state index contributed by atoms with van der Waals surface area (Å²) < 4.78 is 21.3. The van der Waals surface area contributed by atoms with Crippen LogP contribution in [0.25, 0.3) is 6.08 Å². The molecule has 8 N–H and O–H groups in total. The van der Waals surface area contributed by atoms with Gasteiger partial charge in [0.15, 0.2) is 0 Å². The molecule has 0 radical (unpaired) electrons. The predicted octanol–water partition coefficient (Wildman–Crippen LogP) is 3.96. The molecule has 0 fully saturated rings. The smallest absolute Gasteiger partial charge is 0.333 e. The molecule has 0 unspecified atom stereocenters. The van der Waals surface area contributed by atoms with E-state index in [4.69, 9.17) is 41.9 Å². The van der Waals surface area contributed by atoms with Crippen LogP contribution in [0.1, 0.15) is 38.2 Å². The maximum absolute atomic E-state index is 11.7. The van der Waals surface area contributed by atoms with Crippen molar-refractivity contribution in [1.29, 1.82) is 0 Å². The van der Waals surface area contributed by atoms with Crippen molar-refractivity contribution >= 4 is 29.4 Å². The number of hydrogen-bond donors (Lipinski definition) is 4. The molecule has 0 bridgehead atoms. The van der Waals surface area contributed by atoms with Gasteiger partial charge >= 0.3 is 11.9 Å². The van der Waals surface area contributed by atoms with Crippen molar-refractivity contribution in [3.8, 4) is 11.5 Å². The molecule has 2 aromatic carbocycles. The standard InChI is InChI=1S/C27H34N2O6.C3H8N2/c1-20(2)27(31)35-18-17-34-26(30)14-9-21-7-11-23(12-8-21)32-15-5-3-4-6-16-33-25-13-10-22(28)19-24(25)29;4-2-1-3-5/h7-14,19H,1,3-6,15-18,28-29H2,2H3;1-2H,3-5H2/b14-9+;2-1+. The van der Waals surface area contributed by atoms with Gasteiger partial charge in [-0.05, 0) is 80.8 Å². The van der Waals surface area contributed by atoms with Crippen LogP contribution in [0.4, 0.5) is 11.4 Å². The highest BCUT2D eigenvalue weighted by atomic mass is 16.6. The predicted molar refractivity (Wildman–Crippen MR) is 159 cm³/mol. The Morgan fingerprint density at radius 1 is 0.875 bits per heavy atom. The highest BCUT2D eigenvalue weighted by Gasteiger charge is 2.04. The number of benzene rings is 2. The van der Waals surface area contributed by atoms with E-state index in [0.717, 1.165) is 37.0 Å². The lowest BCUT2D eigenvalue weighted by molar-refractivity contribution is -0.146. The molecule has 0 atom stereocenters. The van der Waals surface area contributed by atoms with Crippen LogP contribution in [0.15, 0.2) is 73.0 Å². The number of carbonyl (C=O) groups excluding carboxylic acids is 2. The number of esters is 2. The van der Waals surface area contributed by atoms with Crippen molar-refractivity contribution in [3.63, 3.8) is 0 Å². The quantitative estimate of drug-likeness (QED) is 0.103. The number of ether oxygens (including phenoxy) is 4. The third-order valence-electron chi connectivity index (χ3n) is 5.07. The highest BCUT2D eigenvalue weighted by molar-refractivity contribution is 5.87. The Morgan fingerprint density at radius 3 is 2.10 bits per heavy atom. The van der Waals surface area contributed by atoms with Gasteiger partial charge in [-0.2, -0.15) is 0 Å². The fourth-order valence-electron chi connectivity index (χ4n) is 2.99. The lowest BCUT2D eigenvalue weighted by atomic mass is 10.2. The van der Waals surface area contributed by atoms with Crippen LogP contribution >= 0.6 is 0 Å². The molecule has 2 aromatic rings. The number of nitrogen functional groups attached to an aromatic ring is 2. The number of rotatable bonds is 16. The van der Waals surface area contributed by atoms with Crippen LogP contribution in [0.5, 0.6) is 11.5 Å². The molecule has 0 aliphatic heterocycles. The summed E-state index contributed by atoms with van der Waals surface area (Å²) >= 11 is 0. The van der Waals surface area contributed by atoms with Crippen molar-refractivity contribution < 1.29 is 28.5 Å². The van der Waals surface area contributed by atoms with E-state index in [0.29, 0.717) is 42.5 Å². The first-order valence-corrected chi connectivity index (χ1v) is 13.0. The zero-order valence-electron chi connectivity index (χ0n) is 23.2. The second-order valence-electron chi connectivity index (χ2n) is 8.56. The summed E-state index contributed by atoms with van der Waals surface area (Å²) in [7, 11) is 0. The monoisotopic (exact) mass is 554 g/mol. The largest absolute Gasteiger partial charge is 0.494 e. The average molecular weight is 555 g/mol. The van der Waals surface area contributed by atoms with E-state index in [1.54, 1.807) is 37.3 Å². The molecule has 2 rings (SSSR count). The molecule has 40 heavy (non-hydrogen) atoms. The lowest BCUT2D eigenvalue weighted by Crippen LogP contribution is -2.12. The Hall–Kier alpha value is -4.44. The molecular formula is C30H42N4O6. The summed E-state index contributed by atoms with van der Waals surface area (Å²) in [5, 5.41) is 0. The van der Waals surface area contributed by atoms with Gasteiger partial charge in [0.05, 0.1) is 18.9 Å². The van der Waals surface area contributed by atoms with Crippen LogP contribution in [-0.2, 0) is 19.1 Å². The summed E-state index contributed by atoms with van der Waals surface area (Å²) in [5.74, 6) is 0.412. The summed E-state index contributed by atoms with van der Waals surface area (Å²) in [4.78, 5) is 22.9. The van der Waals surface area contributed by atoms with Crippen LogP contribution in [0, 0.1) is 0 Å². The minimum absolute atomic E-state index is 0.0101. The molecule has 0 aromatic heterocycles. The van der Waals surface area contributed by atoms with Crippen molar-refractivity contribution in [2.24, 2.45) is 11.5 Å². The topological polar surface area (TPSA) is 175 Å². The summed E-state index contributed by atoms with van der Waals surface area (Å²) in [6, 6.07) is 12.7. The summed E-state index contributed by atoms with van der Waals surface area (Å²) in [6.07, 6.45) is 10.0. The fourth-order valence-corrected chi connectivity index (χ4v) is 2.99. The van der Waals surface area contributed by atoms with E-state index in [1.165, 1.54) is 12.3 Å². The lowest BCUT2D eigenvalue weighted by Gasteiger charge is -2.09. The molecule has 0 saturated heterocycles. The molecule has 0 amide bonds. The van der Waals surface area contributed by atoms with Gasteiger partial charge in [-0.1, -0.05) is 24.8 Å². The maximum Gasteiger partial charge on any atom is 0.333 e. The van der Waals surface area contributed by atoms with Crippen LogP contribution in [0.2, 0.25) is 0 Å². The summed E-state index contributed by atoms with van der Waals surface area (Å²) in [5.41, 5.74) is 23.7. The van der Waals surface area contributed by atoms with Crippen molar-refractivity contribution in [2.75, 3.05) is 44.4 Å². The van der Waals surface area contributed by atoms with Gasteiger partial charge < -0.3 is 41.9 Å². The average Bonchev–Trinajstić information content (AvgIpc) is 2.93. The molecule has 10 heteroatoms. The highest BCUT2D eigenvalue weighted by Crippen LogP contribution is 2.23. The van der Waals surface area contributed by atoms with Crippen molar-refractivity contribution in [1.82, 2.24) is 0 Å². The SMILES string of the molecule is C=C(C)C(=O)OCCOC(=O)/C=C/c1ccc(OCCCCCCOc2ccc(N)cc2N)cc1.N/C=C/CN. The van der Waals surface area contributed by atoms with E-state index in [9.17, 15) is 9.59 Å². The van der Waals surface area contributed by atoms with Gasteiger partial charge in [0.2, 0.25) is 0 Å². The van der Waals surface area contributed by atoms with Gasteiger partial charge in [-0.25, -0.2) is 9.59 Å². The minimum Gasteiger partial charge on any atom is -0.494 e. The minimum atomic E-state index is -0.515. The van der Waals surface area contributed by atoms with Gasteiger partial charge in [-0.15, -0.1) is 0 Å². The molecule has 0 saturated carbocycles. The Labute approximate surface area is 236 Å². The third-order valence-corrected chi connectivity index (χ3v) is 5.07. The molecule has 218 valence electrons. The van der Waals surface area contributed by atoms with Crippen LogP contribution in [-0.4, -0.2) is 44.9 Å². The Kier molecular flexibility index (Phi) is 17.2. The molecule has 0 heterocycles. The first-order chi connectivity index (χ1) is 19.3. The number of carbonyl (C=O) groups is 2. The molecular weight excluding hydrogens is 512 g/mol. The van der Waals surface area contributed by atoms with Crippen molar-refractivity contribution in [3.05, 3.63) is 78.5 Å². The van der Waals surface area contributed by atoms with E-state index in [1.807, 2.05) is 24.3 Å². The number of hydrogen-bond acceptors (Lipinski definition) is 10. The van der Waals surface area contributed by atoms with Gasteiger partial charge in [0.1, 0.15) is 24.7 Å². The number of nitrogens with two attached hydrogens (primary N) is 4. The second kappa shape index (κ2) is 20.5. The Morgan fingerprint density at radius 2 is 1.52 bits per heavy atom. The third kappa shape index (κ3) is 15.7. The normalized spacial score (nSPS) is 10.6. The van der Waals surface area contributed by atoms with Crippen LogP contribution < -0.4 is 32.4 Å². The molecule has 10 nitrogen and oxygen atoms in total. The Bertz CT molecular complexity index is 1100. The van der Waals surface area contributed by atoms with E-state index in [-0.39, 0.29) is 13.2 Å². The van der Waals surface area contributed by atoms with Gasteiger partial charge in [-0.3, -0.25) is 0 Å². The first kappa shape index (κ1) is 33.6. The van der Waals surface area contributed by atoms with Crippen molar-refractivity contribution in [2.45, 2.75) is 32.6 Å². The maximum atomic E-state index is 11.7. The molecule has 0 aliphatic rings. The van der Waals surface area contributed by atoms with E-state index < -0.39 is 11.9 Å². The molecule has 0 spiro atoms. The van der Waals surface area contributed by atoms with E-state index in [2.05, 4.69) is 6.58 Å². The fraction of sp³-hybridized carbons (Fsp3) is 0.333. The first-order valence-electron chi connectivity index (χ1n) is 13.0. The molecule has 0 aliphatic carbocycles. The zero-order chi connectivity index (χ0) is 29.6. The van der Waals surface area contributed by atoms with E-state index >= 15 is 0 Å².